The molecule has 2 aromatic rings. The highest BCUT2D eigenvalue weighted by molar-refractivity contribution is 5.72. The molecule has 0 aromatic heterocycles. The Kier molecular flexibility index (Phi) is 7.63. The van der Waals surface area contributed by atoms with E-state index in [0.717, 1.165) is 11.6 Å². The Hall–Kier alpha value is -3.50. The number of carboxylic acids is 1. The highest BCUT2D eigenvalue weighted by Gasteiger charge is 2.24. The first kappa shape index (κ1) is 21.8. The van der Waals surface area contributed by atoms with Gasteiger partial charge in [-0.3, -0.25) is 14.9 Å². The van der Waals surface area contributed by atoms with Gasteiger partial charge in [-0.2, -0.15) is 0 Å². The lowest BCUT2D eigenvalue weighted by atomic mass is 10.00. The summed E-state index contributed by atoms with van der Waals surface area (Å²) in [5.74, 6) is -1.24. The molecule has 0 aliphatic carbocycles. The van der Waals surface area contributed by atoms with E-state index in [4.69, 9.17) is 9.84 Å². The molecule has 154 valence electrons. The first-order chi connectivity index (χ1) is 13.8. The molecule has 10 nitrogen and oxygen atoms in total. The van der Waals surface area contributed by atoms with E-state index in [2.05, 4.69) is 5.32 Å². The molecular weight excluding hydrogens is 384 g/mol. The van der Waals surface area contributed by atoms with Gasteiger partial charge in [-0.05, 0) is 11.1 Å². The number of aliphatic hydroxyl groups excluding tert-OH is 2. The van der Waals surface area contributed by atoms with Crippen LogP contribution in [0, 0.1) is 10.1 Å². The molecule has 0 aliphatic rings. The van der Waals surface area contributed by atoms with Crippen molar-refractivity contribution in [2.75, 3.05) is 6.54 Å². The summed E-state index contributed by atoms with van der Waals surface area (Å²) in [5.41, 5.74) is 0.275. The lowest BCUT2D eigenvalue weighted by Crippen LogP contribution is -2.35. The number of rotatable bonds is 9. The van der Waals surface area contributed by atoms with Gasteiger partial charge >= 0.3 is 12.1 Å². The molecule has 0 saturated carbocycles. The van der Waals surface area contributed by atoms with Gasteiger partial charge in [-0.25, -0.2) is 4.79 Å². The maximum Gasteiger partial charge on any atom is 0.407 e. The van der Waals surface area contributed by atoms with E-state index in [0.29, 0.717) is 0 Å². The van der Waals surface area contributed by atoms with E-state index in [1.54, 1.807) is 24.3 Å². The number of carboxylic acid groups (broad SMARTS) is 1. The number of nitrogens with one attached hydrogen (secondary N) is 1. The predicted octanol–water partition coefficient (Wildman–Crippen LogP) is 1.54. The molecule has 0 heterocycles. The van der Waals surface area contributed by atoms with Crippen LogP contribution in [0.2, 0.25) is 0 Å². The number of carbonyl (C=O) groups excluding carboxylic acids is 1. The van der Waals surface area contributed by atoms with Crippen molar-refractivity contribution in [3.05, 3.63) is 75.3 Å². The van der Waals surface area contributed by atoms with Crippen molar-refractivity contribution < 1.29 is 34.6 Å². The van der Waals surface area contributed by atoms with E-state index < -0.39 is 41.3 Å². The van der Waals surface area contributed by atoms with Gasteiger partial charge in [-0.1, -0.05) is 42.5 Å². The van der Waals surface area contributed by atoms with Crippen molar-refractivity contribution in [2.45, 2.75) is 25.2 Å². The van der Waals surface area contributed by atoms with Crippen molar-refractivity contribution >= 4 is 17.7 Å². The number of nitro groups is 1. The number of nitrogens with zero attached hydrogens (tertiary/aromatic N) is 1. The van der Waals surface area contributed by atoms with Gasteiger partial charge in [0.15, 0.2) is 0 Å². The summed E-state index contributed by atoms with van der Waals surface area (Å²) in [6.45, 7) is -0.331. The minimum absolute atomic E-state index is 0.0118. The van der Waals surface area contributed by atoms with Gasteiger partial charge in [0.1, 0.15) is 18.8 Å². The van der Waals surface area contributed by atoms with Crippen molar-refractivity contribution in [1.29, 1.82) is 0 Å². The van der Waals surface area contributed by atoms with Crippen molar-refractivity contribution in [3.8, 4) is 0 Å². The summed E-state index contributed by atoms with van der Waals surface area (Å²) in [6.07, 6.45) is -4.36. The number of carbonyl (C=O) groups is 2. The molecule has 2 rings (SSSR count). The molecule has 4 N–H and O–H groups in total. The summed E-state index contributed by atoms with van der Waals surface area (Å²) in [6, 6.07) is 12.4. The average Bonchev–Trinajstić information content (AvgIpc) is 2.70. The second kappa shape index (κ2) is 10.2. The smallest absolute Gasteiger partial charge is 0.407 e. The van der Waals surface area contributed by atoms with Crippen molar-refractivity contribution in [2.24, 2.45) is 0 Å². The number of nitro benzene ring substituents is 1. The van der Waals surface area contributed by atoms with E-state index >= 15 is 0 Å². The molecule has 0 saturated heterocycles. The SMILES string of the molecule is O=C(O)Cc1ccc(C(O)C(O)CNC(=O)OCc2ccccc2)cc1[N+](=O)[O-]. The van der Waals surface area contributed by atoms with Gasteiger partial charge in [-0.15, -0.1) is 0 Å². The zero-order valence-corrected chi connectivity index (χ0v) is 15.2. The fraction of sp³-hybridized carbons (Fsp3) is 0.263. The van der Waals surface area contributed by atoms with Gasteiger partial charge in [0.2, 0.25) is 0 Å². The summed E-state index contributed by atoms with van der Waals surface area (Å²) in [7, 11) is 0. The topological polar surface area (TPSA) is 159 Å². The third-order valence-corrected chi connectivity index (χ3v) is 4.02. The first-order valence-corrected chi connectivity index (χ1v) is 8.57. The van der Waals surface area contributed by atoms with Crippen LogP contribution in [0.15, 0.2) is 48.5 Å². The number of benzene rings is 2. The Morgan fingerprint density at radius 3 is 2.45 bits per heavy atom. The highest BCUT2D eigenvalue weighted by Crippen LogP contribution is 2.26. The Labute approximate surface area is 165 Å². The highest BCUT2D eigenvalue weighted by atomic mass is 16.6. The number of alkyl carbamates (subject to hydrolysis) is 1. The van der Waals surface area contributed by atoms with Crippen LogP contribution in [0.1, 0.15) is 22.8 Å². The summed E-state index contributed by atoms with van der Waals surface area (Å²) in [4.78, 5) is 32.9. The quantitative estimate of drug-likeness (QED) is 0.362. The van der Waals surface area contributed by atoms with Crippen LogP contribution in [0.4, 0.5) is 10.5 Å². The molecule has 0 radical (unpaired) electrons. The van der Waals surface area contributed by atoms with Crippen LogP contribution in [-0.4, -0.2) is 45.0 Å². The number of aliphatic carboxylic acids is 1. The number of hydrogen-bond acceptors (Lipinski definition) is 7. The van der Waals surface area contributed by atoms with Crippen molar-refractivity contribution in [1.82, 2.24) is 5.32 Å². The average molecular weight is 404 g/mol. The van der Waals surface area contributed by atoms with Crippen LogP contribution in [0.5, 0.6) is 0 Å². The van der Waals surface area contributed by atoms with Crippen LogP contribution in [-0.2, 0) is 22.6 Å². The molecular formula is C19H20N2O8. The lowest BCUT2D eigenvalue weighted by molar-refractivity contribution is -0.385. The zero-order valence-electron chi connectivity index (χ0n) is 15.2. The minimum Gasteiger partial charge on any atom is -0.481 e. The monoisotopic (exact) mass is 404 g/mol. The Bertz CT molecular complexity index is 872. The van der Waals surface area contributed by atoms with Crippen LogP contribution in [0.25, 0.3) is 0 Å². The van der Waals surface area contributed by atoms with Gasteiger partial charge in [0, 0.05) is 18.2 Å². The summed E-state index contributed by atoms with van der Waals surface area (Å²) >= 11 is 0. The molecule has 0 spiro atoms. The third-order valence-electron chi connectivity index (χ3n) is 4.02. The normalized spacial score (nSPS) is 12.6. The van der Waals surface area contributed by atoms with Gasteiger partial charge in [0.25, 0.3) is 5.69 Å². The van der Waals surface area contributed by atoms with E-state index in [1.165, 1.54) is 12.1 Å². The standard InChI is InChI=1S/C19H20N2O8/c22-16(10-20-19(26)29-11-12-4-2-1-3-5-12)18(25)14-7-6-13(9-17(23)24)15(8-14)21(27)28/h1-8,16,18,22,25H,9-11H2,(H,20,26)(H,23,24). The minimum atomic E-state index is -1.54. The molecule has 2 atom stereocenters. The largest absolute Gasteiger partial charge is 0.481 e. The number of ether oxygens (including phenoxy) is 1. The lowest BCUT2D eigenvalue weighted by Gasteiger charge is -2.19. The first-order valence-electron chi connectivity index (χ1n) is 8.57. The molecule has 0 aliphatic heterocycles. The van der Waals surface area contributed by atoms with E-state index in [1.807, 2.05) is 6.07 Å². The van der Waals surface area contributed by atoms with Crippen LogP contribution in [0.3, 0.4) is 0 Å². The van der Waals surface area contributed by atoms with Crippen LogP contribution >= 0.6 is 0 Å². The van der Waals surface area contributed by atoms with Gasteiger partial charge < -0.3 is 25.4 Å². The Morgan fingerprint density at radius 1 is 1.14 bits per heavy atom. The summed E-state index contributed by atoms with van der Waals surface area (Å²) in [5, 5.41) is 42.5. The Balaban J connectivity index is 1.94. The number of hydrogen-bond donors (Lipinski definition) is 4. The fourth-order valence-corrected chi connectivity index (χ4v) is 2.54. The molecule has 2 aromatic carbocycles. The summed E-state index contributed by atoms with van der Waals surface area (Å²) < 4.78 is 4.98. The molecule has 10 heteroatoms. The number of aliphatic hydroxyl groups is 2. The Morgan fingerprint density at radius 2 is 1.83 bits per heavy atom. The number of amides is 1. The van der Waals surface area contributed by atoms with Gasteiger partial charge in [0.05, 0.1) is 11.3 Å². The molecule has 1 amide bonds. The van der Waals surface area contributed by atoms with E-state index in [9.17, 15) is 29.9 Å². The van der Waals surface area contributed by atoms with Crippen LogP contribution < -0.4 is 5.32 Å². The second-order valence-corrected chi connectivity index (χ2v) is 6.17. The fourth-order valence-electron chi connectivity index (χ4n) is 2.54. The maximum absolute atomic E-state index is 11.7. The van der Waals surface area contributed by atoms with E-state index in [-0.39, 0.29) is 24.3 Å². The second-order valence-electron chi connectivity index (χ2n) is 6.17. The molecule has 2 unspecified atom stereocenters. The maximum atomic E-state index is 11.7. The molecule has 0 bridgehead atoms. The predicted molar refractivity (Wildman–Crippen MR) is 100 cm³/mol. The molecule has 29 heavy (non-hydrogen) atoms. The zero-order chi connectivity index (χ0) is 21.4. The third kappa shape index (κ3) is 6.55. The molecule has 0 fully saturated rings. The van der Waals surface area contributed by atoms with Crippen molar-refractivity contribution in [3.63, 3.8) is 0 Å².